The molecular weight excluding hydrogens is 232 g/mol. The molecule has 1 aromatic heterocycles. The van der Waals surface area contributed by atoms with Gasteiger partial charge in [-0.05, 0) is 19.3 Å². The van der Waals surface area contributed by atoms with Crippen LogP contribution in [0.2, 0.25) is 0 Å². The first-order valence-corrected chi connectivity index (χ1v) is 6.59. The van der Waals surface area contributed by atoms with Crippen LogP contribution in [0.5, 0.6) is 0 Å². The first-order chi connectivity index (χ1) is 8.60. The largest absolute Gasteiger partial charge is 0.465 e. The van der Waals surface area contributed by atoms with Crippen molar-refractivity contribution in [3.05, 3.63) is 11.7 Å². The third-order valence-corrected chi connectivity index (χ3v) is 2.71. The lowest BCUT2D eigenvalue weighted by Gasteiger charge is -2.14. The SMILES string of the molecule is CCCCc1noc(C(C(=O)OCC)C(C)C)n1. The molecule has 0 aliphatic carbocycles. The number of carbonyl (C=O) groups is 1. The van der Waals surface area contributed by atoms with E-state index in [1.165, 1.54) is 0 Å². The van der Waals surface area contributed by atoms with Gasteiger partial charge in [0.05, 0.1) is 6.61 Å². The maximum absolute atomic E-state index is 11.9. The molecule has 0 aliphatic rings. The van der Waals surface area contributed by atoms with Gasteiger partial charge in [0.25, 0.3) is 0 Å². The summed E-state index contributed by atoms with van der Waals surface area (Å²) in [6.07, 6.45) is 2.88. The molecule has 18 heavy (non-hydrogen) atoms. The Morgan fingerprint density at radius 2 is 2.11 bits per heavy atom. The summed E-state index contributed by atoms with van der Waals surface area (Å²) in [5.74, 6) is 0.353. The van der Waals surface area contributed by atoms with Crippen LogP contribution in [-0.2, 0) is 16.0 Å². The van der Waals surface area contributed by atoms with Gasteiger partial charge in [0.15, 0.2) is 5.82 Å². The monoisotopic (exact) mass is 254 g/mol. The van der Waals surface area contributed by atoms with E-state index in [1.807, 2.05) is 13.8 Å². The highest BCUT2D eigenvalue weighted by molar-refractivity contribution is 5.77. The van der Waals surface area contributed by atoms with Crippen LogP contribution in [0.15, 0.2) is 4.52 Å². The maximum atomic E-state index is 11.9. The van der Waals surface area contributed by atoms with Gasteiger partial charge in [-0.15, -0.1) is 0 Å². The molecule has 0 saturated heterocycles. The predicted molar refractivity (Wildman–Crippen MR) is 67.1 cm³/mol. The second-order valence-electron chi connectivity index (χ2n) is 4.63. The number of rotatable bonds is 7. The maximum Gasteiger partial charge on any atom is 0.318 e. The molecule has 0 spiro atoms. The predicted octanol–water partition coefficient (Wildman–Crippen LogP) is 2.71. The van der Waals surface area contributed by atoms with Gasteiger partial charge in [-0.25, -0.2) is 0 Å². The van der Waals surface area contributed by atoms with Crippen LogP contribution in [-0.4, -0.2) is 22.7 Å². The molecule has 0 N–H and O–H groups in total. The fourth-order valence-corrected chi connectivity index (χ4v) is 1.72. The Balaban J connectivity index is 2.79. The average Bonchev–Trinajstić information content (AvgIpc) is 2.75. The number of aromatic nitrogens is 2. The van der Waals surface area contributed by atoms with Crippen molar-refractivity contribution in [2.75, 3.05) is 6.61 Å². The van der Waals surface area contributed by atoms with E-state index in [-0.39, 0.29) is 11.9 Å². The molecule has 0 aromatic carbocycles. The molecule has 0 bridgehead atoms. The fourth-order valence-electron chi connectivity index (χ4n) is 1.72. The number of unbranched alkanes of at least 4 members (excludes halogenated alkanes) is 1. The Labute approximate surface area is 108 Å². The van der Waals surface area contributed by atoms with E-state index in [0.29, 0.717) is 18.3 Å². The summed E-state index contributed by atoms with van der Waals surface area (Å²) in [4.78, 5) is 16.2. The van der Waals surface area contributed by atoms with Gasteiger partial charge < -0.3 is 9.26 Å². The molecule has 5 nitrogen and oxygen atoms in total. The van der Waals surface area contributed by atoms with Crippen molar-refractivity contribution in [2.24, 2.45) is 5.92 Å². The third kappa shape index (κ3) is 3.82. The van der Waals surface area contributed by atoms with Gasteiger partial charge in [0.2, 0.25) is 5.89 Å². The molecule has 1 aromatic rings. The highest BCUT2D eigenvalue weighted by Crippen LogP contribution is 2.24. The van der Waals surface area contributed by atoms with E-state index in [2.05, 4.69) is 17.1 Å². The summed E-state index contributed by atoms with van der Waals surface area (Å²) in [5, 5.41) is 3.91. The molecule has 0 aliphatic heterocycles. The number of esters is 1. The zero-order valence-electron chi connectivity index (χ0n) is 11.6. The third-order valence-electron chi connectivity index (χ3n) is 2.71. The molecule has 1 unspecified atom stereocenters. The lowest BCUT2D eigenvalue weighted by atomic mass is 9.96. The Morgan fingerprint density at radius 1 is 1.39 bits per heavy atom. The van der Waals surface area contributed by atoms with Crippen LogP contribution >= 0.6 is 0 Å². The smallest absolute Gasteiger partial charge is 0.318 e. The highest BCUT2D eigenvalue weighted by Gasteiger charge is 2.31. The summed E-state index contributed by atoms with van der Waals surface area (Å²) in [6.45, 7) is 8.14. The van der Waals surface area contributed by atoms with Crippen molar-refractivity contribution in [3.8, 4) is 0 Å². The molecule has 5 heteroatoms. The second kappa shape index (κ2) is 7.13. The number of nitrogens with zero attached hydrogens (tertiary/aromatic N) is 2. The minimum Gasteiger partial charge on any atom is -0.465 e. The van der Waals surface area contributed by atoms with Gasteiger partial charge in [0, 0.05) is 6.42 Å². The van der Waals surface area contributed by atoms with E-state index in [9.17, 15) is 4.79 Å². The summed E-state index contributed by atoms with van der Waals surface area (Å²) < 4.78 is 10.2. The van der Waals surface area contributed by atoms with Crippen LogP contribution in [0, 0.1) is 5.92 Å². The van der Waals surface area contributed by atoms with Crippen molar-refractivity contribution >= 4 is 5.97 Å². The molecule has 0 saturated carbocycles. The van der Waals surface area contributed by atoms with Gasteiger partial charge in [0.1, 0.15) is 5.92 Å². The molecule has 1 heterocycles. The quantitative estimate of drug-likeness (QED) is 0.700. The van der Waals surface area contributed by atoms with Crippen molar-refractivity contribution in [1.82, 2.24) is 10.1 Å². The Morgan fingerprint density at radius 3 is 2.67 bits per heavy atom. The first-order valence-electron chi connectivity index (χ1n) is 6.59. The topological polar surface area (TPSA) is 65.2 Å². The molecule has 0 fully saturated rings. The number of carbonyl (C=O) groups excluding carboxylic acids is 1. The minimum absolute atomic E-state index is 0.0727. The summed E-state index contributed by atoms with van der Waals surface area (Å²) in [5.41, 5.74) is 0. The Hall–Kier alpha value is -1.39. The van der Waals surface area contributed by atoms with Crippen molar-refractivity contribution < 1.29 is 14.1 Å². The number of aryl methyl sites for hydroxylation is 1. The molecule has 1 atom stereocenters. The van der Waals surface area contributed by atoms with E-state index < -0.39 is 5.92 Å². The van der Waals surface area contributed by atoms with Crippen LogP contribution in [0.3, 0.4) is 0 Å². The molecule has 0 radical (unpaired) electrons. The van der Waals surface area contributed by atoms with E-state index in [1.54, 1.807) is 6.92 Å². The average molecular weight is 254 g/mol. The normalized spacial score (nSPS) is 12.7. The minimum atomic E-state index is -0.465. The van der Waals surface area contributed by atoms with Crippen LogP contribution < -0.4 is 0 Å². The Bertz CT molecular complexity index is 374. The van der Waals surface area contributed by atoms with E-state index >= 15 is 0 Å². The number of ether oxygens (including phenoxy) is 1. The zero-order chi connectivity index (χ0) is 13.5. The summed E-state index contributed by atoms with van der Waals surface area (Å²) in [7, 11) is 0. The van der Waals surface area contributed by atoms with Crippen LogP contribution in [0.4, 0.5) is 0 Å². The van der Waals surface area contributed by atoms with Gasteiger partial charge in [-0.2, -0.15) is 4.98 Å². The van der Waals surface area contributed by atoms with E-state index in [4.69, 9.17) is 9.26 Å². The lowest BCUT2D eigenvalue weighted by molar-refractivity contribution is -0.146. The molecule has 0 amide bonds. The summed E-state index contributed by atoms with van der Waals surface area (Å²) in [6, 6.07) is 0. The van der Waals surface area contributed by atoms with E-state index in [0.717, 1.165) is 19.3 Å². The van der Waals surface area contributed by atoms with Gasteiger partial charge in [-0.3, -0.25) is 4.79 Å². The standard InChI is InChI=1S/C13H22N2O3/c1-5-7-8-10-14-12(18-15-10)11(9(3)4)13(16)17-6-2/h9,11H,5-8H2,1-4H3. The molecule has 1 rings (SSSR count). The van der Waals surface area contributed by atoms with Crippen molar-refractivity contribution in [1.29, 1.82) is 0 Å². The van der Waals surface area contributed by atoms with Crippen molar-refractivity contribution in [3.63, 3.8) is 0 Å². The number of hydrogen-bond acceptors (Lipinski definition) is 5. The van der Waals surface area contributed by atoms with Crippen LogP contribution in [0.1, 0.15) is 58.2 Å². The molecule has 102 valence electrons. The van der Waals surface area contributed by atoms with Crippen LogP contribution in [0.25, 0.3) is 0 Å². The zero-order valence-corrected chi connectivity index (χ0v) is 11.6. The van der Waals surface area contributed by atoms with Gasteiger partial charge >= 0.3 is 5.97 Å². The Kier molecular flexibility index (Phi) is 5.82. The lowest BCUT2D eigenvalue weighted by Crippen LogP contribution is -2.21. The first kappa shape index (κ1) is 14.7. The number of hydrogen-bond donors (Lipinski definition) is 0. The summed E-state index contributed by atoms with van der Waals surface area (Å²) >= 11 is 0. The second-order valence-corrected chi connectivity index (χ2v) is 4.63. The highest BCUT2D eigenvalue weighted by atomic mass is 16.5. The fraction of sp³-hybridized carbons (Fsp3) is 0.769. The van der Waals surface area contributed by atoms with Crippen molar-refractivity contribution in [2.45, 2.75) is 52.9 Å². The molecular formula is C13H22N2O3. The van der Waals surface area contributed by atoms with Gasteiger partial charge in [-0.1, -0.05) is 32.3 Å².